The molecule has 5 aromatic rings. The number of thiazole rings is 1. The van der Waals surface area contributed by atoms with Gasteiger partial charge in [0.15, 0.2) is 4.96 Å². The number of rotatable bonds is 2. The average Bonchev–Trinajstić information content (AvgIpc) is 3.27. The normalized spacial score (nSPS) is 13.0. The molecule has 128 valence electrons. The molecule has 0 saturated carbocycles. The summed E-state index contributed by atoms with van der Waals surface area (Å²) < 4.78 is 4.68. The Kier molecular flexibility index (Phi) is 3.27. The van der Waals surface area contributed by atoms with E-state index in [1.807, 2.05) is 36.4 Å². The van der Waals surface area contributed by atoms with Gasteiger partial charge in [-0.25, -0.2) is 9.38 Å². The van der Waals surface area contributed by atoms with Gasteiger partial charge in [0.25, 0.3) is 5.56 Å². The fourth-order valence-corrected chi connectivity index (χ4v) is 4.51. The van der Waals surface area contributed by atoms with Crippen LogP contribution in [0.2, 0.25) is 0 Å². The molecule has 0 spiro atoms. The molecule has 0 aliphatic rings. The minimum Gasteiger partial charge on any atom is -0.344 e. The topological polar surface area (TPSA) is 39.3 Å². The summed E-state index contributed by atoms with van der Waals surface area (Å²) in [5.41, 5.74) is 3.99. The predicted octanol–water partition coefficient (Wildman–Crippen LogP) is 3.99. The first-order chi connectivity index (χ1) is 12.6. The Hall–Kier alpha value is -2.92. The molecule has 3 aromatic heterocycles. The van der Waals surface area contributed by atoms with Crippen LogP contribution in [0, 0.1) is 0 Å². The fourth-order valence-electron chi connectivity index (χ4n) is 3.53. The van der Waals surface area contributed by atoms with E-state index in [0.717, 1.165) is 26.9 Å². The van der Waals surface area contributed by atoms with Crippen LogP contribution in [0.1, 0.15) is 25.5 Å². The second-order valence-electron chi connectivity index (χ2n) is 6.74. The van der Waals surface area contributed by atoms with E-state index < -0.39 is 0 Å². The molecule has 0 unspecified atom stereocenters. The highest BCUT2D eigenvalue weighted by molar-refractivity contribution is 7.15. The zero-order valence-corrected chi connectivity index (χ0v) is 15.3. The number of imidazole rings is 1. The first-order valence-corrected chi connectivity index (χ1v) is 9.46. The summed E-state index contributed by atoms with van der Waals surface area (Å²) in [6.45, 7) is 4.33. The highest BCUT2D eigenvalue weighted by Gasteiger charge is 2.12. The summed E-state index contributed by atoms with van der Waals surface area (Å²) in [5, 5.41) is 1.16. The highest BCUT2D eigenvalue weighted by Crippen LogP contribution is 2.25. The Bertz CT molecular complexity index is 1390. The molecule has 0 radical (unpaired) electrons. The van der Waals surface area contributed by atoms with Crippen LogP contribution in [-0.2, 0) is 0 Å². The summed E-state index contributed by atoms with van der Waals surface area (Å²) in [7, 11) is 0. The first kappa shape index (κ1) is 15.3. The van der Waals surface area contributed by atoms with Crippen molar-refractivity contribution in [1.29, 1.82) is 0 Å². The molecule has 0 aliphatic carbocycles. The molecule has 0 fully saturated rings. The number of para-hydroxylation sites is 3. The largest absolute Gasteiger partial charge is 0.344 e. The molecule has 26 heavy (non-hydrogen) atoms. The molecular formula is C21H17N3OS. The van der Waals surface area contributed by atoms with Crippen molar-refractivity contribution in [1.82, 2.24) is 14.0 Å². The van der Waals surface area contributed by atoms with Gasteiger partial charge in [0.2, 0.25) is 0 Å². The van der Waals surface area contributed by atoms with Gasteiger partial charge < -0.3 is 4.57 Å². The standard InChI is InChI=1S/C21H17N3OS/c1-13(2)23-12-14(15-7-3-5-9-17(15)23)11-19-20(25)24-18-10-6-4-8-16(18)22-21(24)26-19/h3-13H,1-2H3. The van der Waals surface area contributed by atoms with Crippen molar-refractivity contribution in [2.45, 2.75) is 19.9 Å². The second-order valence-corrected chi connectivity index (χ2v) is 7.75. The third-order valence-corrected chi connectivity index (χ3v) is 5.73. The highest BCUT2D eigenvalue weighted by atomic mass is 32.1. The van der Waals surface area contributed by atoms with Crippen molar-refractivity contribution in [2.24, 2.45) is 0 Å². The maximum atomic E-state index is 13.0. The monoisotopic (exact) mass is 359 g/mol. The van der Waals surface area contributed by atoms with Crippen LogP contribution < -0.4 is 10.1 Å². The number of hydrogen-bond donors (Lipinski definition) is 0. The molecule has 0 aliphatic heterocycles. The van der Waals surface area contributed by atoms with Crippen LogP contribution >= 0.6 is 11.3 Å². The fraction of sp³-hybridized carbons (Fsp3) is 0.143. The lowest BCUT2D eigenvalue weighted by Gasteiger charge is -2.08. The molecule has 5 rings (SSSR count). The summed E-state index contributed by atoms with van der Waals surface area (Å²) in [6.07, 6.45) is 4.13. The Morgan fingerprint density at radius 3 is 2.58 bits per heavy atom. The van der Waals surface area contributed by atoms with Crippen LogP contribution in [0.4, 0.5) is 0 Å². The summed E-state index contributed by atoms with van der Waals surface area (Å²) in [5.74, 6) is 0. The molecule has 0 atom stereocenters. The molecule has 0 saturated heterocycles. The first-order valence-electron chi connectivity index (χ1n) is 8.65. The quantitative estimate of drug-likeness (QED) is 0.478. The molecule has 5 heteroatoms. The second kappa shape index (κ2) is 5.54. The van der Waals surface area contributed by atoms with Gasteiger partial charge in [-0.05, 0) is 38.1 Å². The van der Waals surface area contributed by atoms with Crippen molar-refractivity contribution in [3.63, 3.8) is 0 Å². The maximum absolute atomic E-state index is 13.0. The third-order valence-electron chi connectivity index (χ3n) is 4.76. The van der Waals surface area contributed by atoms with Crippen molar-refractivity contribution in [3.05, 3.63) is 75.2 Å². The Balaban J connectivity index is 1.81. The van der Waals surface area contributed by atoms with Gasteiger partial charge in [-0.15, -0.1) is 0 Å². The van der Waals surface area contributed by atoms with Crippen molar-refractivity contribution < 1.29 is 0 Å². The smallest absolute Gasteiger partial charge is 0.274 e. The van der Waals surface area contributed by atoms with Gasteiger partial charge in [0.05, 0.1) is 15.6 Å². The van der Waals surface area contributed by atoms with Gasteiger partial charge >= 0.3 is 0 Å². The van der Waals surface area contributed by atoms with E-state index in [9.17, 15) is 4.79 Å². The van der Waals surface area contributed by atoms with E-state index in [-0.39, 0.29) is 5.56 Å². The van der Waals surface area contributed by atoms with Crippen LogP contribution in [0.25, 0.3) is 33.0 Å². The van der Waals surface area contributed by atoms with Crippen LogP contribution in [0.5, 0.6) is 0 Å². The van der Waals surface area contributed by atoms with Crippen molar-refractivity contribution in [3.8, 4) is 0 Å². The number of hydrogen-bond acceptors (Lipinski definition) is 3. The van der Waals surface area contributed by atoms with Gasteiger partial charge in [-0.1, -0.05) is 41.7 Å². The van der Waals surface area contributed by atoms with Gasteiger partial charge in [-0.2, -0.15) is 0 Å². The Labute approximate surface area is 153 Å². The number of benzene rings is 2. The predicted molar refractivity (Wildman–Crippen MR) is 108 cm³/mol. The maximum Gasteiger partial charge on any atom is 0.274 e. The van der Waals surface area contributed by atoms with E-state index >= 15 is 0 Å². The average molecular weight is 359 g/mol. The molecular weight excluding hydrogens is 342 g/mol. The van der Waals surface area contributed by atoms with Crippen molar-refractivity contribution in [2.75, 3.05) is 0 Å². The van der Waals surface area contributed by atoms with E-state index in [1.165, 1.54) is 16.9 Å². The summed E-state index contributed by atoms with van der Waals surface area (Å²) >= 11 is 1.45. The zero-order chi connectivity index (χ0) is 17.8. The van der Waals surface area contributed by atoms with E-state index in [1.54, 1.807) is 4.40 Å². The SMILES string of the molecule is CC(C)n1cc(C=c2sc3nc4ccccc4n3c2=O)c2ccccc21. The minimum absolute atomic E-state index is 0.0000723. The number of aromatic nitrogens is 3. The van der Waals surface area contributed by atoms with E-state index in [2.05, 4.69) is 47.8 Å². The molecule has 3 heterocycles. The van der Waals surface area contributed by atoms with Crippen molar-refractivity contribution >= 4 is 44.3 Å². The number of nitrogens with zero attached hydrogens (tertiary/aromatic N) is 3. The molecule has 0 bridgehead atoms. The Morgan fingerprint density at radius 1 is 1.04 bits per heavy atom. The lowest BCUT2D eigenvalue weighted by molar-refractivity contribution is 0.622. The zero-order valence-electron chi connectivity index (χ0n) is 14.5. The summed E-state index contributed by atoms with van der Waals surface area (Å²) in [6, 6.07) is 16.4. The third kappa shape index (κ3) is 2.14. The van der Waals surface area contributed by atoms with Crippen LogP contribution in [0.3, 0.4) is 0 Å². The number of fused-ring (bicyclic) bond motifs is 4. The minimum atomic E-state index is 0.0000723. The van der Waals surface area contributed by atoms with E-state index in [4.69, 9.17) is 0 Å². The van der Waals surface area contributed by atoms with Crippen LogP contribution in [-0.4, -0.2) is 14.0 Å². The van der Waals surface area contributed by atoms with Gasteiger partial charge in [0, 0.05) is 28.7 Å². The van der Waals surface area contributed by atoms with Gasteiger partial charge in [-0.3, -0.25) is 4.79 Å². The molecule has 0 amide bonds. The Morgan fingerprint density at radius 2 is 1.77 bits per heavy atom. The van der Waals surface area contributed by atoms with Gasteiger partial charge in [0.1, 0.15) is 0 Å². The molecule has 0 N–H and O–H groups in total. The lowest BCUT2D eigenvalue weighted by Crippen LogP contribution is -2.22. The summed E-state index contributed by atoms with van der Waals surface area (Å²) in [4.78, 5) is 18.3. The lowest BCUT2D eigenvalue weighted by atomic mass is 10.2. The molecule has 4 nitrogen and oxygen atoms in total. The van der Waals surface area contributed by atoms with Crippen LogP contribution in [0.15, 0.2) is 59.5 Å². The van der Waals surface area contributed by atoms with E-state index in [0.29, 0.717) is 10.6 Å². The molecule has 2 aromatic carbocycles.